The van der Waals surface area contributed by atoms with Gasteiger partial charge in [-0.05, 0) is 18.2 Å². The number of benzene rings is 1. The van der Waals surface area contributed by atoms with Crippen molar-refractivity contribution in [1.29, 1.82) is 0 Å². The van der Waals surface area contributed by atoms with Crippen molar-refractivity contribution in [2.75, 3.05) is 32.7 Å². The number of hydrogen-bond acceptors (Lipinski definition) is 5. The second kappa shape index (κ2) is 6.47. The van der Waals surface area contributed by atoms with Crippen LogP contribution in [0, 0.1) is 0 Å². The van der Waals surface area contributed by atoms with E-state index in [4.69, 9.17) is 9.47 Å². The quantitative estimate of drug-likeness (QED) is 0.883. The van der Waals surface area contributed by atoms with Crippen LogP contribution in [0.2, 0.25) is 0 Å². The first-order valence-electron chi connectivity index (χ1n) is 5.54. The molecule has 0 saturated carbocycles. The Morgan fingerprint density at radius 1 is 1.44 bits per heavy atom. The Hall–Kier alpha value is -0.690. The molecule has 0 aliphatic carbocycles. The minimum absolute atomic E-state index is 0.0359. The van der Waals surface area contributed by atoms with Crippen molar-refractivity contribution < 1.29 is 9.47 Å². The molecule has 0 aliphatic heterocycles. The van der Waals surface area contributed by atoms with Gasteiger partial charge in [-0.2, -0.15) is 0 Å². The van der Waals surface area contributed by atoms with Crippen LogP contribution in [-0.4, -0.2) is 38.5 Å². The molecule has 0 aliphatic rings. The van der Waals surface area contributed by atoms with Crippen LogP contribution in [0.15, 0.2) is 22.7 Å². The molecule has 98 valence electrons. The van der Waals surface area contributed by atoms with Crippen LogP contribution in [0.3, 0.4) is 0 Å². The molecule has 0 bridgehead atoms. The largest absolute Gasteiger partial charge is 0.382 e. The number of nitrogens with zero attached hydrogens (tertiary/aromatic N) is 1. The maximum Gasteiger partial charge on any atom is 0.183 e. The SMILES string of the molecule is COCC(CNc1nc2ccc(Br)cc2s1)OC. The summed E-state index contributed by atoms with van der Waals surface area (Å²) in [7, 11) is 3.35. The number of halogens is 1. The maximum atomic E-state index is 5.29. The normalized spacial score (nSPS) is 12.8. The molecule has 0 radical (unpaired) electrons. The molecule has 1 N–H and O–H groups in total. The second-order valence-corrected chi connectivity index (χ2v) is 5.77. The van der Waals surface area contributed by atoms with Crippen molar-refractivity contribution in [3.8, 4) is 0 Å². The van der Waals surface area contributed by atoms with Gasteiger partial charge in [-0.15, -0.1) is 0 Å². The van der Waals surface area contributed by atoms with E-state index < -0.39 is 0 Å². The number of rotatable bonds is 6. The van der Waals surface area contributed by atoms with E-state index in [-0.39, 0.29) is 6.10 Å². The third-order valence-electron chi connectivity index (χ3n) is 2.52. The molecule has 18 heavy (non-hydrogen) atoms. The van der Waals surface area contributed by atoms with E-state index in [0.29, 0.717) is 13.2 Å². The molecule has 0 amide bonds. The van der Waals surface area contributed by atoms with Crippen molar-refractivity contribution in [2.24, 2.45) is 0 Å². The predicted octanol–water partition coefficient (Wildman–Crippen LogP) is 3.13. The second-order valence-electron chi connectivity index (χ2n) is 3.83. The first-order chi connectivity index (χ1) is 8.72. The van der Waals surface area contributed by atoms with Crippen LogP contribution in [-0.2, 0) is 9.47 Å². The zero-order valence-electron chi connectivity index (χ0n) is 10.3. The van der Waals surface area contributed by atoms with Crippen molar-refractivity contribution in [3.05, 3.63) is 22.7 Å². The van der Waals surface area contributed by atoms with Crippen LogP contribution >= 0.6 is 27.3 Å². The molecule has 0 spiro atoms. The highest BCUT2D eigenvalue weighted by molar-refractivity contribution is 9.10. The Balaban J connectivity index is 2.03. The molecule has 4 nitrogen and oxygen atoms in total. The number of nitrogens with one attached hydrogen (secondary N) is 1. The highest BCUT2D eigenvalue weighted by atomic mass is 79.9. The fourth-order valence-electron chi connectivity index (χ4n) is 1.57. The lowest BCUT2D eigenvalue weighted by Crippen LogP contribution is -2.26. The number of thiazole rings is 1. The lowest BCUT2D eigenvalue weighted by atomic mass is 10.3. The van der Waals surface area contributed by atoms with Gasteiger partial charge in [-0.25, -0.2) is 4.98 Å². The van der Waals surface area contributed by atoms with Gasteiger partial charge in [-0.3, -0.25) is 0 Å². The fourth-order valence-corrected chi connectivity index (χ4v) is 3.00. The van der Waals surface area contributed by atoms with Crippen LogP contribution in [0.4, 0.5) is 5.13 Å². The molecule has 2 aromatic rings. The Bertz CT molecular complexity index is 518. The van der Waals surface area contributed by atoms with E-state index >= 15 is 0 Å². The molecule has 6 heteroatoms. The number of hydrogen-bond donors (Lipinski definition) is 1. The van der Waals surface area contributed by atoms with Gasteiger partial charge in [0.05, 0.1) is 22.9 Å². The van der Waals surface area contributed by atoms with Gasteiger partial charge in [-0.1, -0.05) is 27.3 Å². The number of aromatic nitrogens is 1. The zero-order chi connectivity index (χ0) is 13.0. The maximum absolute atomic E-state index is 5.29. The average Bonchev–Trinajstić information content (AvgIpc) is 2.76. The van der Waals surface area contributed by atoms with E-state index in [9.17, 15) is 0 Å². The summed E-state index contributed by atoms with van der Waals surface area (Å²) < 4.78 is 12.6. The first kappa shape index (κ1) is 13.7. The van der Waals surface area contributed by atoms with Gasteiger partial charge in [0.25, 0.3) is 0 Å². The van der Waals surface area contributed by atoms with Crippen molar-refractivity contribution >= 4 is 42.6 Å². The van der Waals surface area contributed by atoms with Gasteiger partial charge in [0, 0.05) is 25.2 Å². The molecule has 1 heterocycles. The number of fused-ring (bicyclic) bond motifs is 1. The number of ether oxygens (including phenoxy) is 2. The van der Waals surface area contributed by atoms with Gasteiger partial charge < -0.3 is 14.8 Å². The Morgan fingerprint density at radius 2 is 2.28 bits per heavy atom. The third-order valence-corrected chi connectivity index (χ3v) is 3.99. The summed E-state index contributed by atoms with van der Waals surface area (Å²) in [5.74, 6) is 0. The smallest absolute Gasteiger partial charge is 0.183 e. The van der Waals surface area contributed by atoms with Gasteiger partial charge in [0.15, 0.2) is 5.13 Å². The molecule has 1 unspecified atom stereocenters. The van der Waals surface area contributed by atoms with E-state index in [2.05, 4.69) is 32.3 Å². The summed E-state index contributed by atoms with van der Waals surface area (Å²) in [5.41, 5.74) is 1.01. The van der Waals surface area contributed by atoms with Crippen LogP contribution in [0.5, 0.6) is 0 Å². The molecule has 1 aromatic carbocycles. The lowest BCUT2D eigenvalue weighted by Gasteiger charge is -2.14. The minimum atomic E-state index is 0.0359. The molecule has 1 atom stereocenters. The van der Waals surface area contributed by atoms with E-state index in [1.165, 1.54) is 0 Å². The highest BCUT2D eigenvalue weighted by Crippen LogP contribution is 2.28. The summed E-state index contributed by atoms with van der Waals surface area (Å²) in [6.45, 7) is 1.26. The van der Waals surface area contributed by atoms with Crippen LogP contribution < -0.4 is 5.32 Å². The molecule has 0 fully saturated rings. The Labute approximate surface area is 118 Å². The van der Waals surface area contributed by atoms with Crippen LogP contribution in [0.25, 0.3) is 10.2 Å². The third kappa shape index (κ3) is 3.41. The lowest BCUT2D eigenvalue weighted by molar-refractivity contribution is 0.0365. The molecule has 0 saturated heterocycles. The van der Waals surface area contributed by atoms with E-state index in [1.54, 1.807) is 25.6 Å². The van der Waals surface area contributed by atoms with E-state index in [0.717, 1.165) is 19.8 Å². The summed E-state index contributed by atoms with van der Waals surface area (Å²) in [6.07, 6.45) is 0.0359. The molecular weight excluding hydrogens is 316 g/mol. The predicted molar refractivity (Wildman–Crippen MR) is 78.5 cm³/mol. The standard InChI is InChI=1S/C12H15BrN2O2S/c1-16-7-9(17-2)6-14-12-15-10-4-3-8(13)5-11(10)18-12/h3-5,9H,6-7H2,1-2H3,(H,14,15). The van der Waals surface area contributed by atoms with E-state index in [1.807, 2.05) is 12.1 Å². The highest BCUT2D eigenvalue weighted by Gasteiger charge is 2.09. The Morgan fingerprint density at radius 3 is 3.00 bits per heavy atom. The minimum Gasteiger partial charge on any atom is -0.382 e. The number of methoxy groups -OCH3 is 2. The summed E-state index contributed by atoms with van der Waals surface area (Å²) >= 11 is 5.09. The van der Waals surface area contributed by atoms with Gasteiger partial charge in [0.1, 0.15) is 0 Å². The van der Waals surface area contributed by atoms with Crippen LogP contribution in [0.1, 0.15) is 0 Å². The monoisotopic (exact) mass is 330 g/mol. The zero-order valence-corrected chi connectivity index (χ0v) is 12.7. The van der Waals surface area contributed by atoms with Crippen molar-refractivity contribution in [3.63, 3.8) is 0 Å². The summed E-state index contributed by atoms with van der Waals surface area (Å²) in [5, 5.41) is 4.18. The fraction of sp³-hybridized carbons (Fsp3) is 0.417. The average molecular weight is 331 g/mol. The van der Waals surface area contributed by atoms with Gasteiger partial charge in [0.2, 0.25) is 0 Å². The topological polar surface area (TPSA) is 43.4 Å². The molecule has 1 aromatic heterocycles. The Kier molecular flexibility index (Phi) is 4.94. The molecule has 2 rings (SSSR count). The van der Waals surface area contributed by atoms with Crippen molar-refractivity contribution in [2.45, 2.75) is 6.10 Å². The van der Waals surface area contributed by atoms with Crippen molar-refractivity contribution in [1.82, 2.24) is 4.98 Å². The molecular formula is C12H15BrN2O2S. The summed E-state index contributed by atoms with van der Waals surface area (Å²) in [4.78, 5) is 4.51. The number of anilines is 1. The summed E-state index contributed by atoms with van der Waals surface area (Å²) in [6, 6.07) is 6.07. The first-order valence-corrected chi connectivity index (χ1v) is 7.15. The van der Waals surface area contributed by atoms with Gasteiger partial charge >= 0.3 is 0 Å².